The molecule has 0 radical (unpaired) electrons. The monoisotopic (exact) mass is 1120 g/mol. The minimum absolute atomic E-state index is 0. The van der Waals surface area contributed by atoms with Gasteiger partial charge in [0.2, 0.25) is 23.5 Å². The maximum atomic E-state index is 11.6. The summed E-state index contributed by atoms with van der Waals surface area (Å²) in [5.74, 6) is -0.283. The number of fused-ring (bicyclic) bond motifs is 2. The first-order valence-electron chi connectivity index (χ1n) is 24.6. The van der Waals surface area contributed by atoms with Gasteiger partial charge in [-0.25, -0.2) is 14.1 Å². The van der Waals surface area contributed by atoms with Gasteiger partial charge in [0, 0.05) is 109 Å². The number of H-pyrrole nitrogens is 1. The Hall–Kier alpha value is -5.38. The molecule has 0 unspecified atom stereocenters. The number of amides is 2. The maximum absolute atomic E-state index is 11.6. The number of aromatic amines is 1. The Bertz CT molecular complexity index is 2230. The van der Waals surface area contributed by atoms with Gasteiger partial charge >= 0.3 is 12.1 Å². The number of unbranched alkanes of at least 4 members (excludes halogenated alkanes) is 4. The first-order chi connectivity index (χ1) is 33.7. The molecule has 71 heavy (non-hydrogen) atoms. The SMILES string of the molecule is CCN1CCN(CC)c2cc(N=Nc3n(CCCCNC(C)=O)cc[n+]3CCCCNC(C)=O)ccc21.CCN1CCN(CC)c2cc(N=Nc3ncc[nH]3)ccc21.O=C(CCCCCBr)C(F)(F)F.[Br-]. The average Bonchev–Trinajstić information content (AvgIpc) is 4.02. The number of halogens is 5. The fourth-order valence-corrected chi connectivity index (χ4v) is 8.35. The molecule has 4 heterocycles. The van der Waals surface area contributed by atoms with Crippen molar-refractivity contribution in [3.63, 3.8) is 0 Å². The molecule has 0 saturated carbocycles. The molecule has 0 fully saturated rings. The number of nitrogens with zero attached hydrogens (tertiary/aromatic N) is 11. The van der Waals surface area contributed by atoms with Crippen LogP contribution in [-0.4, -0.2) is 109 Å². The van der Waals surface area contributed by atoms with E-state index in [1.54, 1.807) is 26.2 Å². The number of imidazole rings is 2. The topological polar surface area (TPSA) is 175 Å². The van der Waals surface area contributed by atoms with Crippen LogP contribution in [0.5, 0.6) is 0 Å². The molecule has 0 spiro atoms. The van der Waals surface area contributed by atoms with Crippen LogP contribution in [0.15, 0.2) is 81.6 Å². The lowest BCUT2D eigenvalue weighted by Gasteiger charge is -2.38. The van der Waals surface area contributed by atoms with Gasteiger partial charge in [0.1, 0.15) is 5.69 Å². The Morgan fingerprint density at radius 1 is 0.704 bits per heavy atom. The smallest absolute Gasteiger partial charge is 0.449 e. The minimum atomic E-state index is -4.64. The van der Waals surface area contributed by atoms with Crippen molar-refractivity contribution in [1.82, 2.24) is 25.2 Å². The highest BCUT2D eigenvalue weighted by atomic mass is 79.9. The number of hydrogen-bond donors (Lipinski definition) is 3. The number of ketones is 1. The van der Waals surface area contributed by atoms with Gasteiger partial charge in [0.25, 0.3) is 0 Å². The number of carbonyl (C=O) groups is 3. The highest BCUT2D eigenvalue weighted by Gasteiger charge is 2.37. The van der Waals surface area contributed by atoms with E-state index in [-0.39, 0.29) is 35.2 Å². The Balaban J connectivity index is 0.000000327. The number of Topliss-reactive ketones (excluding diaryl/α,β-unsaturated/α-hetero) is 1. The van der Waals surface area contributed by atoms with Gasteiger partial charge in [-0.2, -0.15) is 13.2 Å². The fraction of sp³-hybridized carbons (Fsp3) is 0.571. The van der Waals surface area contributed by atoms with Gasteiger partial charge in [-0.05, 0) is 103 Å². The molecule has 3 N–H and O–H groups in total. The third kappa shape index (κ3) is 20.0. The van der Waals surface area contributed by atoms with Crippen molar-refractivity contribution in [1.29, 1.82) is 0 Å². The lowest BCUT2D eigenvalue weighted by molar-refractivity contribution is -0.684. The first kappa shape index (κ1) is 59.9. The molecule has 0 bridgehead atoms. The number of hydrogen-bond acceptors (Lipinski definition) is 12. The third-order valence-corrected chi connectivity index (χ3v) is 12.3. The Kier molecular flexibility index (Phi) is 26.9. The number of aromatic nitrogens is 4. The minimum Gasteiger partial charge on any atom is -1.00 e. The van der Waals surface area contributed by atoms with Crippen LogP contribution in [0.4, 0.5) is 59.2 Å². The van der Waals surface area contributed by atoms with E-state index in [9.17, 15) is 27.6 Å². The predicted molar refractivity (Wildman–Crippen MR) is 275 cm³/mol. The molecule has 6 rings (SSSR count). The van der Waals surface area contributed by atoms with Crippen molar-refractivity contribution in [2.45, 2.75) is 112 Å². The van der Waals surface area contributed by atoms with E-state index in [0.717, 1.165) is 120 Å². The van der Waals surface area contributed by atoms with Crippen LogP contribution in [0, 0.1) is 0 Å². The van der Waals surface area contributed by atoms with Crippen LogP contribution < -0.4 is 51.8 Å². The summed E-state index contributed by atoms with van der Waals surface area (Å²) >= 11 is 3.15. The lowest BCUT2D eigenvalue weighted by atomic mass is 10.1. The molecule has 22 heteroatoms. The van der Waals surface area contributed by atoms with Gasteiger partial charge in [0.05, 0.1) is 53.9 Å². The number of carbonyl (C=O) groups excluding carboxylic acids is 3. The summed E-state index contributed by atoms with van der Waals surface area (Å²) in [6.45, 7) is 22.9. The Labute approximate surface area is 436 Å². The number of rotatable bonds is 23. The average molecular weight is 1120 g/mol. The van der Waals surface area contributed by atoms with Crippen molar-refractivity contribution in [3.8, 4) is 0 Å². The molecule has 2 amide bonds. The summed E-state index contributed by atoms with van der Waals surface area (Å²) in [5, 5.41) is 24.2. The molecule has 17 nitrogen and oxygen atoms in total. The second kappa shape index (κ2) is 31.8. The number of nitrogens with one attached hydrogen (secondary N) is 3. The molecule has 0 saturated heterocycles. The summed E-state index contributed by atoms with van der Waals surface area (Å²) in [4.78, 5) is 49.1. The number of alkyl halides is 4. The fourth-order valence-electron chi connectivity index (χ4n) is 7.95. The molecule has 0 atom stereocenters. The van der Waals surface area contributed by atoms with E-state index in [1.807, 2.05) is 24.5 Å². The van der Waals surface area contributed by atoms with E-state index in [2.05, 4.69) is 133 Å². The summed E-state index contributed by atoms with van der Waals surface area (Å²) < 4.78 is 39.0. The largest absolute Gasteiger partial charge is 1.00 e. The second-order valence-corrected chi connectivity index (χ2v) is 17.6. The van der Waals surface area contributed by atoms with Crippen LogP contribution in [0.1, 0.15) is 92.9 Å². The third-order valence-electron chi connectivity index (χ3n) is 11.8. The zero-order chi connectivity index (χ0) is 50.9. The Morgan fingerprint density at radius 3 is 1.70 bits per heavy atom. The summed E-state index contributed by atoms with van der Waals surface area (Å²) in [6, 6.07) is 12.6. The molecular formula is C49H73Br2F3N14O3. The van der Waals surface area contributed by atoms with Crippen molar-refractivity contribution in [2.75, 3.05) is 90.4 Å². The van der Waals surface area contributed by atoms with Gasteiger partial charge < -0.3 is 52.2 Å². The highest BCUT2D eigenvalue weighted by molar-refractivity contribution is 9.09. The highest BCUT2D eigenvalue weighted by Crippen LogP contribution is 2.38. The molecule has 4 aromatic rings. The molecule has 2 aliphatic rings. The predicted octanol–water partition coefficient (Wildman–Crippen LogP) is 7.26. The maximum Gasteiger partial charge on any atom is 0.449 e. The number of anilines is 4. The van der Waals surface area contributed by atoms with Gasteiger partial charge in [0.15, 0.2) is 0 Å². The van der Waals surface area contributed by atoms with Gasteiger partial charge in [-0.3, -0.25) is 14.4 Å². The van der Waals surface area contributed by atoms with Crippen LogP contribution in [0.2, 0.25) is 0 Å². The van der Waals surface area contributed by atoms with Crippen molar-refractivity contribution in [3.05, 3.63) is 61.2 Å². The van der Waals surface area contributed by atoms with E-state index >= 15 is 0 Å². The van der Waals surface area contributed by atoms with E-state index in [0.29, 0.717) is 31.9 Å². The molecule has 392 valence electrons. The molecule has 2 aromatic carbocycles. The number of azo groups is 2. The second-order valence-electron chi connectivity index (χ2n) is 16.8. The van der Waals surface area contributed by atoms with E-state index in [1.165, 1.54) is 22.7 Å². The summed E-state index contributed by atoms with van der Waals surface area (Å²) in [7, 11) is 0. The van der Waals surface area contributed by atoms with Crippen LogP contribution in [-0.2, 0) is 27.5 Å². The molecular weight excluding hydrogens is 1050 g/mol. The summed E-state index contributed by atoms with van der Waals surface area (Å²) in [6.07, 6.45) is 7.92. The van der Waals surface area contributed by atoms with E-state index < -0.39 is 12.0 Å². The standard InChI is InChI=1S/C27H42N8O2.C15H20N6.C7H10BrF3O.BrH/c1-5-32-17-18-33(6-2)26-21-24(11-12-25(26)32)30-31-27-34(15-9-7-13-28-22(3)36)19-20-35(27)16-10-8-14-29-23(4)37;1-3-20-9-10-21(4-2)14-11-12(5-6-13(14)20)18-19-15-16-7-8-17-15;8-5-3-1-2-4-6(12)7(9,10)11;/h11-12,19-21H,5-10,13-18H2,1-4H3,(H-,28,29,36,37);5-8,11H,3-4,9-10H2,1-2H3,(H,16,17);1-5H2;1H. The summed E-state index contributed by atoms with van der Waals surface area (Å²) in [5.41, 5.74) is 6.67. The van der Waals surface area contributed by atoms with Crippen molar-refractivity contribution >= 4 is 79.5 Å². The number of likely N-dealkylation sites (N-methyl/N-ethyl adjacent to an activating group) is 4. The molecule has 2 aliphatic heterocycles. The van der Waals surface area contributed by atoms with Crippen LogP contribution in [0.25, 0.3) is 0 Å². The molecule has 0 aliphatic carbocycles. The quantitative estimate of drug-likeness (QED) is 0.0301. The normalized spacial score (nSPS) is 13.2. The van der Waals surface area contributed by atoms with Gasteiger partial charge in [-0.15, -0.1) is 10.2 Å². The van der Waals surface area contributed by atoms with Crippen molar-refractivity contribution < 1.29 is 49.1 Å². The van der Waals surface area contributed by atoms with Crippen LogP contribution >= 0.6 is 15.9 Å². The van der Waals surface area contributed by atoms with Gasteiger partial charge in [-0.1, -0.05) is 27.5 Å². The number of benzene rings is 2. The lowest BCUT2D eigenvalue weighted by Crippen LogP contribution is -3.00. The zero-order valence-electron chi connectivity index (χ0n) is 42.2. The number of aryl methyl sites for hydroxylation is 2. The Morgan fingerprint density at radius 2 is 1.23 bits per heavy atom. The molecule has 2 aromatic heterocycles. The van der Waals surface area contributed by atoms with Crippen LogP contribution in [0.3, 0.4) is 0 Å². The van der Waals surface area contributed by atoms with Crippen molar-refractivity contribution in [2.24, 2.45) is 20.5 Å². The zero-order valence-corrected chi connectivity index (χ0v) is 45.3. The van der Waals surface area contributed by atoms with E-state index in [4.69, 9.17) is 5.11 Å². The first-order valence-corrected chi connectivity index (χ1v) is 25.7.